The molecule has 1 spiro atoms. The Kier molecular flexibility index (Phi) is 3.43. The summed E-state index contributed by atoms with van der Waals surface area (Å²) in [6.07, 6.45) is 6.72. The molecule has 6 aromatic rings. The normalized spacial score (nSPS) is 22.9. The van der Waals surface area contributed by atoms with Crippen LogP contribution in [-0.4, -0.2) is 0 Å². The van der Waals surface area contributed by atoms with Gasteiger partial charge in [-0.15, -0.1) is 0 Å². The van der Waals surface area contributed by atoms with Crippen LogP contribution in [0.4, 0.5) is 0 Å². The summed E-state index contributed by atoms with van der Waals surface area (Å²) in [6, 6.07) is 35.8. The third kappa shape index (κ3) is 2.16. The lowest BCUT2D eigenvalue weighted by Gasteiger charge is -2.51. The first-order valence-corrected chi connectivity index (χ1v) is 12.9. The second-order valence-corrected chi connectivity index (χ2v) is 10.6. The zero-order valence-corrected chi connectivity index (χ0v) is 19.8. The molecule has 0 radical (unpaired) electrons. The number of para-hydroxylation sites is 1. The largest absolute Gasteiger partial charge is 0.455 e. The van der Waals surface area contributed by atoms with Crippen molar-refractivity contribution in [1.82, 2.24) is 0 Å². The van der Waals surface area contributed by atoms with Gasteiger partial charge in [0, 0.05) is 41.5 Å². The molecule has 5 heterocycles. The summed E-state index contributed by atoms with van der Waals surface area (Å²) >= 11 is 0. The van der Waals surface area contributed by atoms with Gasteiger partial charge in [0.05, 0.1) is 17.5 Å². The van der Waals surface area contributed by atoms with Crippen molar-refractivity contribution in [3.05, 3.63) is 121 Å². The Labute approximate surface area is 208 Å². The number of nitrogens with zero attached hydrogens (tertiary/aromatic N) is 2. The molecule has 3 aromatic carbocycles. The van der Waals surface area contributed by atoms with E-state index >= 15 is 0 Å². The summed E-state index contributed by atoms with van der Waals surface area (Å²) in [7, 11) is 0. The minimum Gasteiger partial charge on any atom is -0.455 e. The van der Waals surface area contributed by atoms with Crippen LogP contribution >= 0.6 is 0 Å². The molecule has 0 bridgehead atoms. The summed E-state index contributed by atoms with van der Waals surface area (Å²) in [5.74, 6) is 0.416. The lowest BCUT2D eigenvalue weighted by molar-refractivity contribution is -0.826. The molecule has 1 aliphatic carbocycles. The highest BCUT2D eigenvalue weighted by Crippen LogP contribution is 2.60. The van der Waals surface area contributed by atoms with E-state index in [1.54, 1.807) is 0 Å². The van der Waals surface area contributed by atoms with Gasteiger partial charge in [0.1, 0.15) is 17.1 Å². The van der Waals surface area contributed by atoms with E-state index in [9.17, 15) is 0 Å². The first-order chi connectivity index (χ1) is 17.8. The molecule has 3 aromatic heterocycles. The number of fused-ring (bicyclic) bond motifs is 15. The second kappa shape index (κ2) is 6.50. The summed E-state index contributed by atoms with van der Waals surface area (Å²) in [5, 5.41) is 2.39. The Morgan fingerprint density at radius 2 is 1.53 bits per heavy atom. The van der Waals surface area contributed by atoms with Crippen molar-refractivity contribution in [2.75, 3.05) is 0 Å². The average Bonchev–Trinajstić information content (AvgIpc) is 3.30. The van der Waals surface area contributed by atoms with E-state index in [4.69, 9.17) is 4.42 Å². The van der Waals surface area contributed by atoms with Gasteiger partial charge in [-0.25, -0.2) is 0 Å². The summed E-state index contributed by atoms with van der Waals surface area (Å²) in [4.78, 5) is 0. The lowest BCUT2D eigenvalue weighted by atomic mass is 9.54. The predicted octanol–water partition coefficient (Wildman–Crippen LogP) is 6.49. The highest BCUT2D eigenvalue weighted by atomic mass is 16.3. The van der Waals surface area contributed by atoms with Gasteiger partial charge in [-0.2, -0.15) is 9.13 Å². The molecule has 0 N–H and O–H groups in total. The van der Waals surface area contributed by atoms with Crippen molar-refractivity contribution < 1.29 is 13.6 Å². The lowest BCUT2D eigenvalue weighted by Crippen LogP contribution is -2.75. The molecule has 36 heavy (non-hydrogen) atoms. The minimum absolute atomic E-state index is 0.00455. The van der Waals surface area contributed by atoms with Crippen molar-refractivity contribution in [3.8, 4) is 22.5 Å². The van der Waals surface area contributed by atoms with Crippen LogP contribution in [0.15, 0.2) is 114 Å². The van der Waals surface area contributed by atoms with Crippen LogP contribution in [0.5, 0.6) is 0 Å². The number of benzene rings is 3. The Bertz CT molecular complexity index is 1880. The highest BCUT2D eigenvalue weighted by molar-refractivity contribution is 6.09. The number of hydrogen-bond acceptors (Lipinski definition) is 1. The van der Waals surface area contributed by atoms with E-state index in [1.807, 2.05) is 0 Å². The van der Waals surface area contributed by atoms with Crippen molar-refractivity contribution in [2.24, 2.45) is 0 Å². The zero-order valence-electron chi connectivity index (χ0n) is 19.8. The van der Waals surface area contributed by atoms with Crippen molar-refractivity contribution in [1.29, 1.82) is 0 Å². The standard InChI is InChI=1S/C33H24N2O/c1-2-11-24-22(9-1)26-12-5-7-17-34(26)28-20-33(31(24)28)19-21-15-16-25-23-10-3-4-14-29(23)36-32(25)30(21)27-13-6-8-18-35(27)33/h1-18,28,31H,19-20H2/q+2. The number of hydrogen-bond donors (Lipinski definition) is 0. The Hall–Kier alpha value is -4.24. The van der Waals surface area contributed by atoms with Crippen LogP contribution in [0.1, 0.15) is 29.5 Å². The van der Waals surface area contributed by atoms with Gasteiger partial charge in [-0.3, -0.25) is 0 Å². The van der Waals surface area contributed by atoms with Crippen LogP contribution in [0.3, 0.4) is 0 Å². The Balaban J connectivity index is 1.31. The molecule has 3 unspecified atom stereocenters. The van der Waals surface area contributed by atoms with E-state index < -0.39 is 0 Å². The van der Waals surface area contributed by atoms with Crippen LogP contribution in [-0.2, 0) is 12.0 Å². The van der Waals surface area contributed by atoms with Gasteiger partial charge >= 0.3 is 0 Å². The minimum atomic E-state index is 0.00455. The average molecular weight is 465 g/mol. The second-order valence-electron chi connectivity index (χ2n) is 10.6. The van der Waals surface area contributed by atoms with E-state index in [0.717, 1.165) is 24.0 Å². The molecular formula is C33H24N2O+2. The molecule has 1 saturated carbocycles. The molecule has 0 amide bonds. The number of pyridine rings is 2. The monoisotopic (exact) mass is 464 g/mol. The molecule has 3 nitrogen and oxygen atoms in total. The first-order valence-electron chi connectivity index (χ1n) is 12.9. The van der Waals surface area contributed by atoms with Crippen molar-refractivity contribution in [2.45, 2.75) is 30.3 Å². The van der Waals surface area contributed by atoms with Crippen molar-refractivity contribution >= 4 is 21.9 Å². The predicted molar refractivity (Wildman–Crippen MR) is 139 cm³/mol. The smallest absolute Gasteiger partial charge is 0.217 e. The van der Waals surface area contributed by atoms with Gasteiger partial charge in [0.2, 0.25) is 11.4 Å². The maximum Gasteiger partial charge on any atom is 0.217 e. The van der Waals surface area contributed by atoms with Gasteiger partial charge < -0.3 is 4.42 Å². The fraction of sp³-hybridized carbons (Fsp3) is 0.152. The molecule has 1 fully saturated rings. The van der Waals surface area contributed by atoms with Gasteiger partial charge in [0.25, 0.3) is 0 Å². The fourth-order valence-electron chi connectivity index (χ4n) is 7.67. The fourth-order valence-corrected chi connectivity index (χ4v) is 7.67. The summed E-state index contributed by atoms with van der Waals surface area (Å²) in [6.45, 7) is 0. The molecule has 3 heteroatoms. The maximum atomic E-state index is 6.52. The van der Waals surface area contributed by atoms with Gasteiger partial charge in [-0.05, 0) is 35.4 Å². The SMILES string of the molecule is c1ccc2c(c1)-c1cccc[n+]1C1CC3(Cc4ccc5c(oc6ccccc65)c4-c4cccc[n+]43)C21. The molecule has 170 valence electrons. The van der Waals surface area contributed by atoms with E-state index in [-0.39, 0.29) is 5.54 Å². The molecule has 0 saturated heterocycles. The Morgan fingerprint density at radius 1 is 0.722 bits per heavy atom. The number of furan rings is 1. The van der Waals surface area contributed by atoms with Gasteiger partial charge in [-0.1, -0.05) is 48.5 Å². The molecule has 3 aliphatic rings. The quantitative estimate of drug-likeness (QED) is 0.235. The maximum absolute atomic E-state index is 6.52. The third-order valence-corrected chi connectivity index (χ3v) is 9.07. The topological polar surface area (TPSA) is 20.9 Å². The van der Waals surface area contributed by atoms with E-state index in [2.05, 4.69) is 119 Å². The molecule has 3 atom stereocenters. The summed E-state index contributed by atoms with van der Waals surface area (Å²) < 4.78 is 11.6. The summed E-state index contributed by atoms with van der Waals surface area (Å²) in [5.41, 5.74) is 10.1. The molecule has 9 rings (SSSR count). The first kappa shape index (κ1) is 19.0. The van der Waals surface area contributed by atoms with Crippen LogP contribution in [0.25, 0.3) is 44.5 Å². The number of aromatic nitrogens is 2. The molecular weight excluding hydrogens is 440 g/mol. The van der Waals surface area contributed by atoms with Crippen molar-refractivity contribution in [3.63, 3.8) is 0 Å². The highest BCUT2D eigenvalue weighted by Gasteiger charge is 2.70. The van der Waals surface area contributed by atoms with E-state index in [0.29, 0.717) is 12.0 Å². The number of rotatable bonds is 0. The van der Waals surface area contributed by atoms with Crippen LogP contribution in [0.2, 0.25) is 0 Å². The third-order valence-electron chi connectivity index (χ3n) is 9.07. The van der Waals surface area contributed by atoms with E-state index in [1.165, 1.54) is 44.4 Å². The van der Waals surface area contributed by atoms with Gasteiger partial charge in [0.15, 0.2) is 24.0 Å². The molecule has 2 aliphatic heterocycles. The van der Waals surface area contributed by atoms with Crippen LogP contribution in [0, 0.1) is 0 Å². The Morgan fingerprint density at radius 3 is 2.50 bits per heavy atom. The zero-order chi connectivity index (χ0) is 23.4. The van der Waals surface area contributed by atoms with Crippen LogP contribution < -0.4 is 9.13 Å².